The van der Waals surface area contributed by atoms with E-state index in [1.165, 1.54) is 5.56 Å². The van der Waals surface area contributed by atoms with Crippen molar-refractivity contribution in [1.29, 1.82) is 0 Å². The first-order valence-corrected chi connectivity index (χ1v) is 10.6. The summed E-state index contributed by atoms with van der Waals surface area (Å²) in [5.41, 5.74) is 6.24. The molecule has 1 N–H and O–H groups in total. The van der Waals surface area contributed by atoms with Crippen LogP contribution in [0.2, 0.25) is 0 Å². The lowest BCUT2D eigenvalue weighted by Gasteiger charge is -2.08. The van der Waals surface area contributed by atoms with Crippen molar-refractivity contribution in [2.75, 3.05) is 0 Å². The molecule has 0 unspecified atom stereocenters. The molecular weight excluding hydrogens is 398 g/mol. The Hall–Kier alpha value is -4.19. The first-order chi connectivity index (χ1) is 15.7. The van der Waals surface area contributed by atoms with Crippen LogP contribution in [0, 0.1) is 0 Å². The number of carbonyl (C=O) groups is 1. The molecule has 3 aromatic carbocycles. The fourth-order valence-electron chi connectivity index (χ4n) is 3.72. The predicted octanol–water partition coefficient (Wildman–Crippen LogP) is 4.13. The maximum absolute atomic E-state index is 12.4. The number of carbonyl (C=O) groups excluding carboxylic acids is 1. The molecule has 0 bridgehead atoms. The molecule has 5 rings (SSSR count). The highest BCUT2D eigenvalue weighted by atomic mass is 16.1. The molecule has 0 aliphatic heterocycles. The van der Waals surface area contributed by atoms with Crippen molar-refractivity contribution >= 4 is 16.9 Å². The molecule has 2 heterocycles. The minimum atomic E-state index is -0.0217. The topological polar surface area (TPSA) is 64.7 Å². The third-order valence-corrected chi connectivity index (χ3v) is 5.41. The Labute approximate surface area is 186 Å². The Morgan fingerprint density at radius 2 is 1.59 bits per heavy atom. The molecule has 6 heteroatoms. The van der Waals surface area contributed by atoms with Crippen LogP contribution >= 0.6 is 0 Å². The van der Waals surface area contributed by atoms with Gasteiger partial charge >= 0.3 is 0 Å². The van der Waals surface area contributed by atoms with Crippen LogP contribution in [0.1, 0.15) is 16.7 Å². The zero-order chi connectivity index (χ0) is 21.8. The molecule has 1 amide bonds. The van der Waals surface area contributed by atoms with E-state index in [2.05, 4.69) is 50.3 Å². The zero-order valence-electron chi connectivity index (χ0n) is 17.6. The number of para-hydroxylation sites is 3. The number of aromatic nitrogens is 4. The highest BCUT2D eigenvalue weighted by Crippen LogP contribution is 2.15. The van der Waals surface area contributed by atoms with E-state index in [4.69, 9.17) is 0 Å². The van der Waals surface area contributed by atoms with E-state index in [1.54, 1.807) is 10.9 Å². The maximum atomic E-state index is 12.4. The third kappa shape index (κ3) is 4.44. The number of imidazole rings is 1. The predicted molar refractivity (Wildman–Crippen MR) is 124 cm³/mol. The largest absolute Gasteiger partial charge is 0.352 e. The van der Waals surface area contributed by atoms with Gasteiger partial charge in [-0.1, -0.05) is 54.6 Å². The summed E-state index contributed by atoms with van der Waals surface area (Å²) >= 11 is 0. The van der Waals surface area contributed by atoms with Crippen LogP contribution in [-0.4, -0.2) is 25.2 Å². The maximum Gasteiger partial charge on any atom is 0.224 e. The number of fused-ring (bicyclic) bond motifs is 1. The molecule has 0 fully saturated rings. The minimum Gasteiger partial charge on any atom is -0.352 e. The Morgan fingerprint density at radius 3 is 2.44 bits per heavy atom. The number of hydrogen-bond donors (Lipinski definition) is 1. The number of amides is 1. The van der Waals surface area contributed by atoms with Gasteiger partial charge in [0.1, 0.15) is 0 Å². The molecule has 0 spiro atoms. The van der Waals surface area contributed by atoms with E-state index in [-0.39, 0.29) is 5.91 Å². The van der Waals surface area contributed by atoms with Crippen LogP contribution in [0.15, 0.2) is 97.6 Å². The van der Waals surface area contributed by atoms with E-state index in [0.29, 0.717) is 13.0 Å². The molecule has 0 aliphatic rings. The van der Waals surface area contributed by atoms with Crippen molar-refractivity contribution in [2.24, 2.45) is 0 Å². The van der Waals surface area contributed by atoms with E-state index < -0.39 is 0 Å². The lowest BCUT2D eigenvalue weighted by atomic mass is 10.1. The summed E-state index contributed by atoms with van der Waals surface area (Å²) in [6.45, 7) is 1.26. The second-order valence-corrected chi connectivity index (χ2v) is 7.76. The number of rotatable bonds is 7. The summed E-state index contributed by atoms with van der Waals surface area (Å²) in [5, 5.41) is 7.34. The summed E-state index contributed by atoms with van der Waals surface area (Å²) in [6, 6.07) is 26.3. The Bertz CT molecular complexity index is 1340. The molecule has 5 aromatic rings. The monoisotopic (exact) mass is 421 g/mol. The van der Waals surface area contributed by atoms with Gasteiger partial charge in [-0.25, -0.2) is 9.67 Å². The SMILES string of the molecule is O=C(Cc1cnn(-c2ccccc2)c1)NCc1ccc(Cn2cnc3ccccc32)cc1. The Balaban J connectivity index is 1.15. The lowest BCUT2D eigenvalue weighted by molar-refractivity contribution is -0.120. The van der Waals surface area contributed by atoms with Gasteiger partial charge in [-0.3, -0.25) is 4.79 Å². The number of nitrogens with zero attached hydrogens (tertiary/aromatic N) is 4. The smallest absolute Gasteiger partial charge is 0.224 e. The van der Waals surface area contributed by atoms with E-state index >= 15 is 0 Å². The molecule has 158 valence electrons. The fourth-order valence-corrected chi connectivity index (χ4v) is 3.72. The van der Waals surface area contributed by atoms with E-state index in [0.717, 1.165) is 34.4 Å². The number of nitrogens with one attached hydrogen (secondary N) is 1. The quantitative estimate of drug-likeness (QED) is 0.430. The van der Waals surface area contributed by atoms with Crippen LogP contribution in [0.4, 0.5) is 0 Å². The molecule has 0 aliphatic carbocycles. The van der Waals surface area contributed by atoms with Gasteiger partial charge in [-0.15, -0.1) is 0 Å². The van der Waals surface area contributed by atoms with Gasteiger partial charge in [0.15, 0.2) is 0 Å². The second kappa shape index (κ2) is 8.89. The lowest BCUT2D eigenvalue weighted by Crippen LogP contribution is -2.24. The van der Waals surface area contributed by atoms with E-state index in [1.807, 2.05) is 61.1 Å². The Kier molecular flexibility index (Phi) is 5.49. The summed E-state index contributed by atoms with van der Waals surface area (Å²) in [4.78, 5) is 16.8. The average molecular weight is 422 g/mol. The fraction of sp³-hybridized carbons (Fsp3) is 0.115. The van der Waals surface area contributed by atoms with Gasteiger partial charge in [-0.05, 0) is 41.0 Å². The molecular formula is C26H23N5O. The first-order valence-electron chi connectivity index (χ1n) is 10.6. The number of hydrogen-bond acceptors (Lipinski definition) is 3. The van der Waals surface area contributed by atoms with Crippen molar-refractivity contribution < 1.29 is 4.79 Å². The van der Waals surface area contributed by atoms with Gasteiger partial charge in [0, 0.05) is 19.3 Å². The molecule has 2 aromatic heterocycles. The normalized spacial score (nSPS) is 11.0. The summed E-state index contributed by atoms with van der Waals surface area (Å²) < 4.78 is 3.92. The van der Waals surface area contributed by atoms with Gasteiger partial charge in [0.2, 0.25) is 5.91 Å². The van der Waals surface area contributed by atoms with Crippen LogP contribution in [0.3, 0.4) is 0 Å². The standard InChI is InChI=1S/C26H23N5O/c32-26(14-22-16-29-31(18-22)23-6-2-1-3-7-23)27-15-20-10-12-21(13-11-20)17-30-19-28-24-8-4-5-9-25(24)30/h1-13,16,18-19H,14-15,17H2,(H,27,32). The van der Waals surface area contributed by atoms with Crippen LogP contribution in [0.25, 0.3) is 16.7 Å². The molecule has 32 heavy (non-hydrogen) atoms. The third-order valence-electron chi connectivity index (χ3n) is 5.41. The van der Waals surface area contributed by atoms with Crippen LogP contribution < -0.4 is 5.32 Å². The van der Waals surface area contributed by atoms with Crippen LogP contribution in [0.5, 0.6) is 0 Å². The van der Waals surface area contributed by atoms with Gasteiger partial charge in [0.25, 0.3) is 0 Å². The summed E-state index contributed by atoms with van der Waals surface area (Å²) in [5.74, 6) is -0.0217. The number of benzene rings is 3. The van der Waals surface area contributed by atoms with Crippen LogP contribution in [-0.2, 0) is 24.3 Å². The van der Waals surface area contributed by atoms with E-state index in [9.17, 15) is 4.79 Å². The van der Waals surface area contributed by atoms with Gasteiger partial charge in [-0.2, -0.15) is 5.10 Å². The highest BCUT2D eigenvalue weighted by Gasteiger charge is 2.07. The summed E-state index contributed by atoms with van der Waals surface area (Å²) in [7, 11) is 0. The molecule has 0 radical (unpaired) electrons. The van der Waals surface area contributed by atoms with Crippen molar-refractivity contribution in [3.05, 3.63) is 114 Å². The highest BCUT2D eigenvalue weighted by molar-refractivity contribution is 5.78. The first kappa shape index (κ1) is 19.8. The van der Waals surface area contributed by atoms with Gasteiger partial charge < -0.3 is 9.88 Å². The Morgan fingerprint density at radius 1 is 0.844 bits per heavy atom. The van der Waals surface area contributed by atoms with Crippen molar-refractivity contribution in [1.82, 2.24) is 24.6 Å². The minimum absolute atomic E-state index is 0.0217. The molecule has 0 saturated carbocycles. The van der Waals surface area contributed by atoms with Crippen molar-refractivity contribution in [2.45, 2.75) is 19.5 Å². The van der Waals surface area contributed by atoms with Crippen molar-refractivity contribution in [3.8, 4) is 5.69 Å². The second-order valence-electron chi connectivity index (χ2n) is 7.76. The molecule has 0 saturated heterocycles. The van der Waals surface area contributed by atoms with Gasteiger partial charge in [0.05, 0.1) is 35.7 Å². The molecule has 0 atom stereocenters. The zero-order valence-corrected chi connectivity index (χ0v) is 17.6. The molecule has 6 nitrogen and oxygen atoms in total. The summed E-state index contributed by atoms with van der Waals surface area (Å²) in [6.07, 6.45) is 5.81. The average Bonchev–Trinajstić information content (AvgIpc) is 3.47. The van der Waals surface area contributed by atoms with Crippen molar-refractivity contribution in [3.63, 3.8) is 0 Å².